The van der Waals surface area contributed by atoms with Gasteiger partial charge >= 0.3 is 0 Å². The van der Waals surface area contributed by atoms with Gasteiger partial charge in [-0.15, -0.1) is 0 Å². The van der Waals surface area contributed by atoms with Gasteiger partial charge in [0.05, 0.1) is 10.6 Å². The van der Waals surface area contributed by atoms with E-state index >= 15 is 0 Å². The van der Waals surface area contributed by atoms with Gasteiger partial charge in [-0.3, -0.25) is 13.9 Å². The maximum Gasteiger partial charge on any atom is 0.264 e. The van der Waals surface area contributed by atoms with Crippen LogP contribution in [-0.4, -0.2) is 44.8 Å². The van der Waals surface area contributed by atoms with Gasteiger partial charge in [-0.25, -0.2) is 8.42 Å². The Labute approximate surface area is 228 Å². The first kappa shape index (κ1) is 28.5. The third-order valence-electron chi connectivity index (χ3n) is 5.95. The smallest absolute Gasteiger partial charge is 0.264 e. The molecule has 3 rings (SSSR count). The van der Waals surface area contributed by atoms with Crippen molar-refractivity contribution in [1.82, 2.24) is 10.2 Å². The van der Waals surface area contributed by atoms with Gasteiger partial charge in [0.15, 0.2) is 0 Å². The molecule has 0 spiro atoms. The van der Waals surface area contributed by atoms with E-state index in [0.717, 1.165) is 15.4 Å². The SMILES string of the molecule is CC[C@@H](C(=O)NC)N(Cc1ccc(Cl)cc1)C(=O)CN(c1ccc(C)c(Cl)c1)S(=O)(=O)c1ccccc1. The first-order chi connectivity index (χ1) is 17.6. The first-order valence-corrected chi connectivity index (χ1v) is 13.9. The monoisotopic (exact) mass is 561 g/mol. The summed E-state index contributed by atoms with van der Waals surface area (Å²) in [6.07, 6.45) is 0.334. The number of nitrogens with zero attached hydrogens (tertiary/aromatic N) is 2. The van der Waals surface area contributed by atoms with Gasteiger partial charge in [0.2, 0.25) is 11.8 Å². The number of likely N-dealkylation sites (N-methyl/N-ethyl adjacent to an activating group) is 1. The van der Waals surface area contributed by atoms with Crippen molar-refractivity contribution >= 4 is 50.7 Å². The number of benzene rings is 3. The maximum atomic E-state index is 13.8. The van der Waals surface area contributed by atoms with E-state index in [2.05, 4.69) is 5.32 Å². The molecule has 3 aromatic carbocycles. The molecule has 2 amide bonds. The molecule has 0 saturated carbocycles. The van der Waals surface area contributed by atoms with Gasteiger partial charge in [-0.1, -0.05) is 66.5 Å². The van der Waals surface area contributed by atoms with Gasteiger partial charge in [0.1, 0.15) is 12.6 Å². The van der Waals surface area contributed by atoms with Crippen molar-refractivity contribution in [1.29, 1.82) is 0 Å². The van der Waals surface area contributed by atoms with Crippen LogP contribution in [0.1, 0.15) is 24.5 Å². The number of halogens is 2. The number of anilines is 1. The summed E-state index contributed by atoms with van der Waals surface area (Å²) in [7, 11) is -2.64. The van der Waals surface area contributed by atoms with E-state index < -0.39 is 28.5 Å². The summed E-state index contributed by atoms with van der Waals surface area (Å²) in [5.74, 6) is -0.887. The van der Waals surface area contributed by atoms with E-state index in [4.69, 9.17) is 23.2 Å². The molecule has 196 valence electrons. The topological polar surface area (TPSA) is 86.8 Å². The molecule has 0 bridgehead atoms. The van der Waals surface area contributed by atoms with Crippen LogP contribution in [0.2, 0.25) is 10.0 Å². The minimum absolute atomic E-state index is 0.0297. The molecule has 1 atom stereocenters. The first-order valence-electron chi connectivity index (χ1n) is 11.7. The highest BCUT2D eigenvalue weighted by Crippen LogP contribution is 2.28. The van der Waals surface area contributed by atoms with Gasteiger partial charge < -0.3 is 10.2 Å². The van der Waals surface area contributed by atoms with Crippen molar-refractivity contribution in [2.75, 3.05) is 17.9 Å². The number of sulfonamides is 1. The highest BCUT2D eigenvalue weighted by molar-refractivity contribution is 7.92. The lowest BCUT2D eigenvalue weighted by Gasteiger charge is -2.33. The molecule has 0 aliphatic heterocycles. The Bertz CT molecular complexity index is 1350. The molecule has 0 saturated heterocycles. The third-order valence-corrected chi connectivity index (χ3v) is 8.40. The normalized spacial score (nSPS) is 12.0. The number of amides is 2. The summed E-state index contributed by atoms with van der Waals surface area (Å²) < 4.78 is 28.5. The molecule has 0 aliphatic rings. The zero-order chi connectivity index (χ0) is 27.2. The van der Waals surface area contributed by atoms with E-state index in [1.807, 2.05) is 0 Å². The van der Waals surface area contributed by atoms with Crippen molar-refractivity contribution < 1.29 is 18.0 Å². The molecule has 0 radical (unpaired) electrons. The zero-order valence-corrected chi connectivity index (χ0v) is 23.1. The van der Waals surface area contributed by atoms with Gasteiger partial charge in [-0.05, 0) is 60.9 Å². The Hall–Kier alpha value is -3.07. The zero-order valence-electron chi connectivity index (χ0n) is 20.8. The largest absolute Gasteiger partial charge is 0.357 e. The number of rotatable bonds is 10. The molecule has 3 aromatic rings. The Balaban J connectivity index is 2.06. The number of aryl methyl sites for hydroxylation is 1. The fraction of sp³-hybridized carbons (Fsp3) is 0.259. The Morgan fingerprint density at radius 3 is 2.19 bits per heavy atom. The van der Waals surface area contributed by atoms with Crippen LogP contribution in [0.25, 0.3) is 0 Å². The molecule has 1 N–H and O–H groups in total. The highest BCUT2D eigenvalue weighted by Gasteiger charge is 2.33. The number of hydrogen-bond acceptors (Lipinski definition) is 4. The number of carbonyl (C=O) groups is 2. The van der Waals surface area contributed by atoms with Gasteiger partial charge in [-0.2, -0.15) is 0 Å². The van der Waals surface area contributed by atoms with Crippen LogP contribution in [0.3, 0.4) is 0 Å². The number of hydrogen-bond donors (Lipinski definition) is 1. The second kappa shape index (κ2) is 12.4. The van der Waals surface area contributed by atoms with Crippen molar-refractivity contribution in [2.24, 2.45) is 0 Å². The molecule has 0 aromatic heterocycles. The van der Waals surface area contributed by atoms with Crippen LogP contribution >= 0.6 is 23.2 Å². The lowest BCUT2D eigenvalue weighted by molar-refractivity contribution is -0.140. The highest BCUT2D eigenvalue weighted by atomic mass is 35.5. The predicted molar refractivity (Wildman–Crippen MR) is 147 cm³/mol. The molecule has 0 fully saturated rings. The van der Waals surface area contributed by atoms with Crippen molar-refractivity contribution in [3.8, 4) is 0 Å². The predicted octanol–water partition coefficient (Wildman–Crippen LogP) is 5.05. The molecule has 0 heterocycles. The van der Waals surface area contributed by atoms with Crippen LogP contribution in [0.5, 0.6) is 0 Å². The molecule has 0 unspecified atom stereocenters. The van der Waals surface area contributed by atoms with Crippen LogP contribution in [0.4, 0.5) is 5.69 Å². The van der Waals surface area contributed by atoms with Gasteiger partial charge in [0.25, 0.3) is 10.0 Å². The molecule has 7 nitrogen and oxygen atoms in total. The Morgan fingerprint density at radius 2 is 1.62 bits per heavy atom. The number of nitrogens with one attached hydrogen (secondary N) is 1. The minimum Gasteiger partial charge on any atom is -0.357 e. The minimum atomic E-state index is -4.14. The standard InChI is InChI=1S/C27H29Cl2N3O4S/c1-4-25(27(34)30-3)31(17-20-11-13-21(28)14-12-20)26(33)18-32(22-15-10-19(2)24(29)16-22)37(35,36)23-8-6-5-7-9-23/h5-16,25H,4,17-18H2,1-3H3,(H,30,34)/t25-/m0/s1. The van der Waals surface area contributed by atoms with Crippen molar-refractivity contribution in [2.45, 2.75) is 37.8 Å². The summed E-state index contributed by atoms with van der Waals surface area (Å²) in [5, 5.41) is 3.50. The summed E-state index contributed by atoms with van der Waals surface area (Å²) in [6.45, 7) is 3.16. The second-order valence-electron chi connectivity index (χ2n) is 8.44. The van der Waals surface area contributed by atoms with E-state index in [1.165, 1.54) is 30.1 Å². The average Bonchev–Trinajstić information content (AvgIpc) is 2.90. The molecular formula is C27H29Cl2N3O4S. The van der Waals surface area contributed by atoms with Crippen LogP contribution in [-0.2, 0) is 26.2 Å². The fourth-order valence-electron chi connectivity index (χ4n) is 3.86. The third kappa shape index (κ3) is 6.83. The molecule has 37 heavy (non-hydrogen) atoms. The summed E-state index contributed by atoms with van der Waals surface area (Å²) in [6, 6.07) is 18.8. The maximum absolute atomic E-state index is 13.8. The second-order valence-corrected chi connectivity index (χ2v) is 11.2. The fourth-order valence-corrected chi connectivity index (χ4v) is 5.59. The van der Waals surface area contributed by atoms with E-state index in [9.17, 15) is 18.0 Å². The lowest BCUT2D eigenvalue weighted by Crippen LogP contribution is -2.51. The summed E-state index contributed by atoms with van der Waals surface area (Å²) in [4.78, 5) is 28.0. The van der Waals surface area contributed by atoms with Crippen LogP contribution < -0.4 is 9.62 Å². The molecular weight excluding hydrogens is 533 g/mol. The Morgan fingerprint density at radius 1 is 0.973 bits per heavy atom. The summed E-state index contributed by atoms with van der Waals surface area (Å²) >= 11 is 12.3. The number of carbonyl (C=O) groups excluding carboxylic acids is 2. The van der Waals surface area contributed by atoms with E-state index in [0.29, 0.717) is 16.5 Å². The van der Waals surface area contributed by atoms with Crippen molar-refractivity contribution in [3.05, 3.63) is 94.0 Å². The molecule has 0 aliphatic carbocycles. The van der Waals surface area contributed by atoms with Crippen LogP contribution in [0.15, 0.2) is 77.7 Å². The van der Waals surface area contributed by atoms with E-state index in [1.54, 1.807) is 68.4 Å². The average molecular weight is 563 g/mol. The lowest BCUT2D eigenvalue weighted by atomic mass is 10.1. The van der Waals surface area contributed by atoms with Crippen LogP contribution in [0, 0.1) is 6.92 Å². The Kier molecular flexibility index (Phi) is 9.59. The quantitative estimate of drug-likeness (QED) is 0.375. The summed E-state index contributed by atoms with van der Waals surface area (Å²) in [5.41, 5.74) is 1.76. The van der Waals surface area contributed by atoms with Gasteiger partial charge in [0, 0.05) is 23.6 Å². The molecule has 10 heteroatoms. The van der Waals surface area contributed by atoms with Crippen molar-refractivity contribution in [3.63, 3.8) is 0 Å². The van der Waals surface area contributed by atoms with E-state index in [-0.39, 0.29) is 23.0 Å².